The van der Waals surface area contributed by atoms with Crippen LogP contribution in [0.3, 0.4) is 0 Å². The van der Waals surface area contributed by atoms with Crippen LogP contribution in [-0.4, -0.2) is 25.6 Å². The molecule has 0 saturated carbocycles. The van der Waals surface area contributed by atoms with Crippen molar-refractivity contribution in [3.8, 4) is 11.5 Å². The summed E-state index contributed by atoms with van der Waals surface area (Å²) < 4.78 is 21.2. The molecule has 24 heavy (non-hydrogen) atoms. The molecule has 0 spiro atoms. The molecule has 6 heteroatoms. The summed E-state index contributed by atoms with van der Waals surface area (Å²) in [5.74, 6) is 1.31. The van der Waals surface area contributed by atoms with Gasteiger partial charge in [-0.05, 0) is 42.3 Å². The van der Waals surface area contributed by atoms with E-state index in [0.29, 0.717) is 23.9 Å². The molecule has 0 fully saturated rings. The van der Waals surface area contributed by atoms with Gasteiger partial charge in [-0.15, -0.1) is 0 Å². The van der Waals surface area contributed by atoms with E-state index in [9.17, 15) is 4.79 Å². The van der Waals surface area contributed by atoms with E-state index in [0.717, 1.165) is 12.0 Å². The first-order valence-electron chi connectivity index (χ1n) is 7.58. The van der Waals surface area contributed by atoms with Crippen molar-refractivity contribution >= 4 is 17.9 Å². The van der Waals surface area contributed by atoms with E-state index in [1.165, 1.54) is 6.26 Å². The number of carbonyl (C=O) groups is 1. The second-order valence-corrected chi connectivity index (χ2v) is 5.07. The Morgan fingerprint density at radius 2 is 2.12 bits per heavy atom. The summed E-state index contributed by atoms with van der Waals surface area (Å²) in [6.45, 7) is 2.64. The van der Waals surface area contributed by atoms with Gasteiger partial charge < -0.3 is 18.6 Å². The number of furan rings is 1. The average Bonchev–Trinajstić information content (AvgIpc) is 3.24. The smallest absolute Gasteiger partial charge is 0.363 e. The fourth-order valence-corrected chi connectivity index (χ4v) is 2.18. The lowest BCUT2D eigenvalue weighted by Gasteiger charge is -2.10. The van der Waals surface area contributed by atoms with Crippen molar-refractivity contribution in [2.24, 2.45) is 4.99 Å². The van der Waals surface area contributed by atoms with Crippen LogP contribution in [0.1, 0.15) is 24.7 Å². The highest BCUT2D eigenvalue weighted by Crippen LogP contribution is 2.30. The third-order valence-electron chi connectivity index (χ3n) is 3.31. The summed E-state index contributed by atoms with van der Waals surface area (Å²) in [6.07, 6.45) is 4.03. The van der Waals surface area contributed by atoms with Crippen LogP contribution in [0, 0.1) is 0 Å². The lowest BCUT2D eigenvalue weighted by molar-refractivity contribution is -0.130. The number of rotatable bonds is 6. The van der Waals surface area contributed by atoms with Gasteiger partial charge >= 0.3 is 5.97 Å². The molecule has 0 radical (unpaired) electrons. The molecule has 124 valence electrons. The van der Waals surface area contributed by atoms with Crippen LogP contribution in [0.15, 0.2) is 51.7 Å². The molecule has 0 atom stereocenters. The first-order chi connectivity index (χ1) is 11.7. The minimum atomic E-state index is -0.522. The summed E-state index contributed by atoms with van der Waals surface area (Å²) in [5.41, 5.74) is 0.956. The van der Waals surface area contributed by atoms with E-state index < -0.39 is 5.97 Å². The van der Waals surface area contributed by atoms with Crippen LogP contribution in [0.4, 0.5) is 0 Å². The zero-order valence-electron chi connectivity index (χ0n) is 13.4. The van der Waals surface area contributed by atoms with Crippen molar-refractivity contribution in [1.82, 2.24) is 0 Å². The maximum atomic E-state index is 11.9. The SMILES string of the molecule is CCCOc1ccc(C=C2N=C(c3ccco3)OC2=O)cc1OC. The van der Waals surface area contributed by atoms with Crippen molar-refractivity contribution in [2.75, 3.05) is 13.7 Å². The van der Waals surface area contributed by atoms with Gasteiger partial charge in [0.05, 0.1) is 20.0 Å². The number of esters is 1. The number of hydrogen-bond donors (Lipinski definition) is 0. The lowest BCUT2D eigenvalue weighted by Crippen LogP contribution is -2.04. The fourth-order valence-electron chi connectivity index (χ4n) is 2.18. The summed E-state index contributed by atoms with van der Waals surface area (Å²) in [7, 11) is 1.57. The number of benzene rings is 1. The molecule has 1 aromatic carbocycles. The molecule has 0 aliphatic carbocycles. The summed E-state index contributed by atoms with van der Waals surface area (Å²) in [4.78, 5) is 16.1. The second-order valence-electron chi connectivity index (χ2n) is 5.07. The van der Waals surface area contributed by atoms with E-state index in [4.69, 9.17) is 18.6 Å². The van der Waals surface area contributed by atoms with Crippen LogP contribution in [0.25, 0.3) is 6.08 Å². The van der Waals surface area contributed by atoms with Crippen molar-refractivity contribution < 1.29 is 23.4 Å². The van der Waals surface area contributed by atoms with Gasteiger partial charge in [0, 0.05) is 0 Å². The largest absolute Gasteiger partial charge is 0.493 e. The number of ether oxygens (including phenoxy) is 3. The van der Waals surface area contributed by atoms with Crippen LogP contribution >= 0.6 is 0 Å². The van der Waals surface area contributed by atoms with Crippen LogP contribution < -0.4 is 9.47 Å². The van der Waals surface area contributed by atoms with Gasteiger partial charge in [0.1, 0.15) is 0 Å². The molecule has 2 heterocycles. The number of hydrogen-bond acceptors (Lipinski definition) is 6. The maximum Gasteiger partial charge on any atom is 0.363 e. The molecular formula is C18H17NO5. The number of aliphatic imine (C=N–C) groups is 1. The van der Waals surface area contributed by atoms with E-state index >= 15 is 0 Å². The molecular weight excluding hydrogens is 310 g/mol. The van der Waals surface area contributed by atoms with Crippen molar-refractivity contribution in [3.05, 3.63) is 53.6 Å². The maximum absolute atomic E-state index is 11.9. The first kappa shape index (κ1) is 15.9. The van der Waals surface area contributed by atoms with Crippen molar-refractivity contribution in [2.45, 2.75) is 13.3 Å². The highest BCUT2D eigenvalue weighted by Gasteiger charge is 2.25. The minimum absolute atomic E-state index is 0.158. The Morgan fingerprint density at radius 3 is 2.83 bits per heavy atom. The fraction of sp³-hybridized carbons (Fsp3) is 0.222. The third kappa shape index (κ3) is 3.32. The molecule has 0 amide bonds. The standard InChI is InChI=1S/C18H17NO5/c1-3-8-22-14-7-6-12(11-16(14)21-2)10-13-18(20)24-17(19-13)15-5-4-9-23-15/h4-7,9-11H,3,8H2,1-2H3. The zero-order valence-corrected chi connectivity index (χ0v) is 13.4. The second kappa shape index (κ2) is 7.04. The Bertz CT molecular complexity index is 790. The molecule has 1 aromatic heterocycles. The Labute approximate surface area is 139 Å². The Balaban J connectivity index is 1.86. The van der Waals surface area contributed by atoms with E-state index in [-0.39, 0.29) is 11.6 Å². The zero-order chi connectivity index (χ0) is 16.9. The average molecular weight is 327 g/mol. The molecule has 0 saturated heterocycles. The predicted molar refractivity (Wildman–Crippen MR) is 88.1 cm³/mol. The Kier molecular flexibility index (Phi) is 4.65. The molecule has 0 unspecified atom stereocenters. The highest BCUT2D eigenvalue weighted by atomic mass is 16.6. The summed E-state index contributed by atoms with van der Waals surface area (Å²) >= 11 is 0. The Morgan fingerprint density at radius 1 is 1.25 bits per heavy atom. The van der Waals surface area contributed by atoms with Crippen LogP contribution in [0.2, 0.25) is 0 Å². The molecule has 1 aliphatic heterocycles. The van der Waals surface area contributed by atoms with Crippen molar-refractivity contribution in [3.63, 3.8) is 0 Å². The van der Waals surface area contributed by atoms with Gasteiger partial charge in [0.25, 0.3) is 5.90 Å². The van der Waals surface area contributed by atoms with Crippen LogP contribution in [-0.2, 0) is 9.53 Å². The molecule has 2 aromatic rings. The normalized spacial score (nSPS) is 15.3. The first-order valence-corrected chi connectivity index (χ1v) is 7.58. The molecule has 0 N–H and O–H groups in total. The van der Waals surface area contributed by atoms with E-state index in [1.807, 2.05) is 13.0 Å². The molecule has 6 nitrogen and oxygen atoms in total. The van der Waals surface area contributed by atoms with Gasteiger partial charge in [0.2, 0.25) is 0 Å². The van der Waals surface area contributed by atoms with Gasteiger partial charge in [-0.2, -0.15) is 0 Å². The minimum Gasteiger partial charge on any atom is -0.493 e. The molecule has 3 rings (SSSR count). The molecule has 0 bridgehead atoms. The van der Waals surface area contributed by atoms with Gasteiger partial charge in [0.15, 0.2) is 23.0 Å². The van der Waals surface area contributed by atoms with E-state index in [2.05, 4.69) is 4.99 Å². The van der Waals surface area contributed by atoms with Gasteiger partial charge in [-0.1, -0.05) is 13.0 Å². The van der Waals surface area contributed by atoms with E-state index in [1.54, 1.807) is 37.5 Å². The highest BCUT2D eigenvalue weighted by molar-refractivity contribution is 6.11. The Hall–Kier alpha value is -3.02. The topological polar surface area (TPSA) is 70.3 Å². The molecule has 1 aliphatic rings. The van der Waals surface area contributed by atoms with Crippen LogP contribution in [0.5, 0.6) is 11.5 Å². The third-order valence-corrected chi connectivity index (χ3v) is 3.31. The van der Waals surface area contributed by atoms with Crippen molar-refractivity contribution in [1.29, 1.82) is 0 Å². The predicted octanol–water partition coefficient (Wildman–Crippen LogP) is 3.42. The number of carbonyl (C=O) groups excluding carboxylic acids is 1. The number of methoxy groups -OCH3 is 1. The van der Waals surface area contributed by atoms with Gasteiger partial charge in [-0.25, -0.2) is 9.79 Å². The number of nitrogens with zero attached hydrogens (tertiary/aromatic N) is 1. The quantitative estimate of drug-likeness (QED) is 0.600. The summed E-state index contributed by atoms with van der Waals surface area (Å²) in [6, 6.07) is 8.80. The number of cyclic esters (lactones) is 1. The monoisotopic (exact) mass is 327 g/mol. The lowest BCUT2D eigenvalue weighted by atomic mass is 10.1. The van der Waals surface area contributed by atoms with Gasteiger partial charge in [-0.3, -0.25) is 0 Å². The summed E-state index contributed by atoms with van der Waals surface area (Å²) in [5, 5.41) is 0.